The normalized spacial score (nSPS) is 12.2. The van der Waals surface area contributed by atoms with Crippen LogP contribution in [0.4, 0.5) is 20.2 Å². The standard InChI is InChI=1S/C21H20F2N8O5S/c1-8-11(6-29(3)27-8)10-5-12(17(22)23)25-21-14(10)15(16(37-21)18(24)32)26-19(33)9(2)30-7-13(31(34)35)20(28-30)36-4/h5-7,9,17H,1-4H3,(H2,24,32)(H,26,33). The maximum absolute atomic E-state index is 13.7. The zero-order valence-electron chi connectivity index (χ0n) is 19.9. The number of primary amides is 1. The minimum atomic E-state index is -2.90. The Morgan fingerprint density at radius 1 is 1.27 bits per heavy atom. The van der Waals surface area contributed by atoms with Crippen LogP contribution in [0.5, 0.6) is 5.88 Å². The number of anilines is 1. The molecule has 0 aromatic carbocycles. The molecule has 0 bridgehead atoms. The zero-order valence-corrected chi connectivity index (χ0v) is 20.7. The molecule has 4 aromatic heterocycles. The predicted octanol–water partition coefficient (Wildman–Crippen LogP) is 3.35. The third kappa shape index (κ3) is 4.57. The monoisotopic (exact) mass is 534 g/mol. The smallest absolute Gasteiger partial charge is 0.350 e. The number of thiophene rings is 1. The molecule has 0 aliphatic rings. The lowest BCUT2D eigenvalue weighted by Crippen LogP contribution is -2.25. The number of amides is 2. The Balaban J connectivity index is 1.87. The van der Waals surface area contributed by atoms with Gasteiger partial charge >= 0.3 is 11.6 Å². The first kappa shape index (κ1) is 25.6. The summed E-state index contributed by atoms with van der Waals surface area (Å²) in [4.78, 5) is 40.0. The number of fused-ring (bicyclic) bond motifs is 1. The SMILES string of the molecule is COc1nn(C(C)C(=O)Nc2c(C(N)=O)sc3nc(C(F)F)cc(-c4cn(C)nc4C)c23)cc1[N+](=O)[O-]. The first-order valence-electron chi connectivity index (χ1n) is 10.6. The molecule has 0 fully saturated rings. The molecule has 2 amide bonds. The van der Waals surface area contributed by atoms with Crippen LogP contribution >= 0.6 is 11.3 Å². The van der Waals surface area contributed by atoms with Gasteiger partial charge in [0.15, 0.2) is 0 Å². The van der Waals surface area contributed by atoms with E-state index in [2.05, 4.69) is 20.5 Å². The van der Waals surface area contributed by atoms with E-state index in [9.17, 15) is 28.5 Å². The van der Waals surface area contributed by atoms with Crippen molar-refractivity contribution in [1.29, 1.82) is 0 Å². The third-order valence-corrected chi connectivity index (χ3v) is 6.63. The van der Waals surface area contributed by atoms with Gasteiger partial charge in [0.05, 0.1) is 23.4 Å². The van der Waals surface area contributed by atoms with E-state index < -0.39 is 40.6 Å². The summed E-state index contributed by atoms with van der Waals surface area (Å²) in [5.41, 5.74) is 5.84. The number of hydrogen-bond acceptors (Lipinski definition) is 9. The molecular formula is C21H20F2N8O5S. The molecule has 0 radical (unpaired) electrons. The van der Waals surface area contributed by atoms with Crippen molar-refractivity contribution in [1.82, 2.24) is 24.5 Å². The number of methoxy groups -OCH3 is 1. The van der Waals surface area contributed by atoms with E-state index in [-0.39, 0.29) is 32.2 Å². The van der Waals surface area contributed by atoms with Crippen LogP contribution in [0.15, 0.2) is 18.5 Å². The second-order valence-corrected chi connectivity index (χ2v) is 8.97. The van der Waals surface area contributed by atoms with Crippen LogP contribution in [-0.2, 0) is 11.8 Å². The highest BCUT2D eigenvalue weighted by molar-refractivity contribution is 7.21. The van der Waals surface area contributed by atoms with Crippen LogP contribution in [-0.4, -0.2) is 48.4 Å². The molecule has 37 heavy (non-hydrogen) atoms. The molecule has 4 aromatic rings. The first-order chi connectivity index (χ1) is 17.4. The second-order valence-electron chi connectivity index (χ2n) is 7.97. The van der Waals surface area contributed by atoms with Crippen LogP contribution in [0, 0.1) is 17.0 Å². The number of pyridine rings is 1. The fourth-order valence-corrected chi connectivity index (χ4v) is 4.79. The number of carbonyl (C=O) groups is 2. The molecule has 194 valence electrons. The number of nitrogens with one attached hydrogen (secondary N) is 1. The van der Waals surface area contributed by atoms with Crippen LogP contribution in [0.2, 0.25) is 0 Å². The quantitative estimate of drug-likeness (QED) is 0.256. The maximum Gasteiger partial charge on any atom is 0.350 e. The van der Waals surface area contributed by atoms with Gasteiger partial charge in [-0.05, 0) is 25.5 Å². The van der Waals surface area contributed by atoms with Gasteiger partial charge in [-0.3, -0.25) is 24.4 Å². The largest absolute Gasteiger partial charge is 0.475 e. The highest BCUT2D eigenvalue weighted by Crippen LogP contribution is 2.43. The van der Waals surface area contributed by atoms with Gasteiger partial charge in [-0.2, -0.15) is 5.10 Å². The van der Waals surface area contributed by atoms with Crippen molar-refractivity contribution in [3.63, 3.8) is 0 Å². The van der Waals surface area contributed by atoms with Gasteiger partial charge in [0.1, 0.15) is 27.6 Å². The molecule has 0 spiro atoms. The molecule has 13 nitrogen and oxygen atoms in total. The molecule has 0 aliphatic carbocycles. The summed E-state index contributed by atoms with van der Waals surface area (Å²) >= 11 is 0.756. The minimum absolute atomic E-state index is 0.0236. The van der Waals surface area contributed by atoms with E-state index in [1.165, 1.54) is 24.8 Å². The van der Waals surface area contributed by atoms with Crippen molar-refractivity contribution in [2.24, 2.45) is 12.8 Å². The van der Waals surface area contributed by atoms with Gasteiger partial charge in [-0.1, -0.05) is 0 Å². The summed E-state index contributed by atoms with van der Waals surface area (Å²) in [5.74, 6) is -1.91. The number of rotatable bonds is 8. The Kier molecular flexibility index (Phi) is 6.60. The first-order valence-corrected chi connectivity index (χ1v) is 11.4. The number of nitrogens with two attached hydrogens (primary N) is 1. The number of aromatic nitrogens is 5. The number of halogens is 2. The number of hydrogen-bond donors (Lipinski definition) is 2. The van der Waals surface area contributed by atoms with Gasteiger partial charge in [-0.15, -0.1) is 16.4 Å². The molecule has 16 heteroatoms. The van der Waals surface area contributed by atoms with Crippen LogP contribution in [0.25, 0.3) is 21.3 Å². The highest BCUT2D eigenvalue weighted by atomic mass is 32.1. The van der Waals surface area contributed by atoms with Gasteiger partial charge in [0.25, 0.3) is 12.3 Å². The van der Waals surface area contributed by atoms with E-state index in [0.29, 0.717) is 11.3 Å². The number of carbonyl (C=O) groups excluding carboxylic acids is 2. The lowest BCUT2D eigenvalue weighted by Gasteiger charge is -2.14. The van der Waals surface area contributed by atoms with Crippen LogP contribution in [0.3, 0.4) is 0 Å². The van der Waals surface area contributed by atoms with Crippen molar-refractivity contribution in [3.8, 4) is 17.0 Å². The van der Waals surface area contributed by atoms with Gasteiger partial charge in [0, 0.05) is 24.2 Å². The average molecular weight is 535 g/mol. The molecule has 0 saturated heterocycles. The number of nitro groups is 1. The Labute approximate surface area is 211 Å². The van der Waals surface area contributed by atoms with Gasteiger partial charge < -0.3 is 15.8 Å². The number of alkyl halides is 2. The predicted molar refractivity (Wildman–Crippen MR) is 129 cm³/mol. The molecule has 4 heterocycles. The Bertz CT molecular complexity index is 1560. The van der Waals surface area contributed by atoms with Crippen LogP contribution in [0.1, 0.15) is 40.5 Å². The van der Waals surface area contributed by atoms with E-state index in [0.717, 1.165) is 22.2 Å². The summed E-state index contributed by atoms with van der Waals surface area (Å²) in [6, 6.07) is 0.0742. The van der Waals surface area contributed by atoms with E-state index in [1.54, 1.807) is 20.2 Å². The van der Waals surface area contributed by atoms with Crippen LogP contribution < -0.4 is 15.8 Å². The fourth-order valence-electron chi connectivity index (χ4n) is 3.78. The van der Waals surface area contributed by atoms with Crippen molar-refractivity contribution in [3.05, 3.63) is 44.8 Å². The summed E-state index contributed by atoms with van der Waals surface area (Å²) in [6.07, 6.45) is -0.252. The number of aryl methyl sites for hydroxylation is 2. The fraction of sp³-hybridized carbons (Fsp3) is 0.286. The molecular weight excluding hydrogens is 514 g/mol. The molecule has 1 unspecified atom stereocenters. The summed E-state index contributed by atoms with van der Waals surface area (Å²) in [5, 5.41) is 22.3. The van der Waals surface area contributed by atoms with Crippen molar-refractivity contribution in [2.75, 3.05) is 12.4 Å². The molecule has 3 N–H and O–H groups in total. The van der Waals surface area contributed by atoms with Gasteiger partial charge in [-0.25, -0.2) is 18.4 Å². The molecule has 4 rings (SSSR count). The number of ether oxygens (including phenoxy) is 1. The lowest BCUT2D eigenvalue weighted by molar-refractivity contribution is -0.385. The van der Waals surface area contributed by atoms with E-state index in [1.807, 2.05) is 0 Å². The summed E-state index contributed by atoms with van der Waals surface area (Å²) in [7, 11) is 2.86. The summed E-state index contributed by atoms with van der Waals surface area (Å²) < 4.78 is 34.8. The zero-order chi connectivity index (χ0) is 27.2. The van der Waals surface area contributed by atoms with Gasteiger partial charge in [0.2, 0.25) is 5.91 Å². The molecule has 0 aliphatic heterocycles. The summed E-state index contributed by atoms with van der Waals surface area (Å²) in [6.45, 7) is 3.10. The number of nitrogens with zero attached hydrogens (tertiary/aromatic N) is 6. The Hall–Kier alpha value is -4.47. The average Bonchev–Trinajstić information content (AvgIpc) is 3.52. The maximum atomic E-state index is 13.7. The molecule has 0 saturated carbocycles. The topological polar surface area (TPSA) is 173 Å². The van der Waals surface area contributed by atoms with Crippen molar-refractivity contribution in [2.45, 2.75) is 26.3 Å². The lowest BCUT2D eigenvalue weighted by atomic mass is 10.0. The molecule has 1 atom stereocenters. The highest BCUT2D eigenvalue weighted by Gasteiger charge is 2.29. The van der Waals surface area contributed by atoms with Crippen molar-refractivity contribution < 1.29 is 28.0 Å². The van der Waals surface area contributed by atoms with Crippen molar-refractivity contribution >= 4 is 44.7 Å². The third-order valence-electron chi connectivity index (χ3n) is 5.53. The Morgan fingerprint density at radius 3 is 2.49 bits per heavy atom. The minimum Gasteiger partial charge on any atom is -0.475 e. The van der Waals surface area contributed by atoms with E-state index >= 15 is 0 Å². The Morgan fingerprint density at radius 2 is 1.97 bits per heavy atom. The second kappa shape index (κ2) is 9.53. The van der Waals surface area contributed by atoms with E-state index in [4.69, 9.17) is 10.5 Å².